The predicted molar refractivity (Wildman–Crippen MR) is 123 cm³/mol. The van der Waals surface area contributed by atoms with Gasteiger partial charge < -0.3 is 8.92 Å². The van der Waals surface area contributed by atoms with Gasteiger partial charge in [-0.15, -0.1) is 5.10 Å². The molecule has 0 unspecified atom stereocenters. The Hall–Kier alpha value is -3.11. The quantitative estimate of drug-likeness (QED) is 0.229. The summed E-state index contributed by atoms with van der Waals surface area (Å²) in [5, 5.41) is 13.7. The van der Waals surface area contributed by atoms with Crippen LogP contribution in [-0.2, 0) is 21.3 Å². The van der Waals surface area contributed by atoms with Gasteiger partial charge in [-0.3, -0.25) is 0 Å². The lowest BCUT2D eigenvalue weighted by Crippen LogP contribution is -2.29. The molecule has 3 rings (SSSR count). The van der Waals surface area contributed by atoms with Crippen molar-refractivity contribution in [2.24, 2.45) is 0 Å². The minimum absolute atomic E-state index is 0.0284. The van der Waals surface area contributed by atoms with Crippen LogP contribution in [0.25, 0.3) is 16.6 Å². The molecule has 1 aromatic carbocycles. The number of rotatable bonds is 5. The summed E-state index contributed by atoms with van der Waals surface area (Å²) in [4.78, 5) is 12.7. The minimum atomic E-state index is -6.11. The van der Waals surface area contributed by atoms with E-state index in [1.54, 1.807) is 45.9 Å². The Bertz CT molecular complexity index is 1470. The number of alkyl halides is 3. The lowest BCUT2D eigenvalue weighted by molar-refractivity contribution is -0.0501. The number of esters is 1. The number of benzene rings is 1. The summed E-state index contributed by atoms with van der Waals surface area (Å²) in [7, 11) is -6.11. The number of carbonyl (C=O) groups is 1. The van der Waals surface area contributed by atoms with E-state index in [9.17, 15) is 31.6 Å². The number of halogens is 4. The molecule has 0 aliphatic heterocycles. The van der Waals surface area contributed by atoms with E-state index in [-0.39, 0.29) is 16.7 Å². The number of aryl methyl sites for hydroxylation is 1. The van der Waals surface area contributed by atoms with Crippen molar-refractivity contribution >= 4 is 37.5 Å². The highest BCUT2D eigenvalue weighted by Gasteiger charge is 2.49. The van der Waals surface area contributed by atoms with E-state index in [1.165, 1.54) is 22.7 Å². The number of hydrogen-bond donors (Lipinski definition) is 0. The van der Waals surface area contributed by atoms with E-state index >= 15 is 0 Å². The van der Waals surface area contributed by atoms with Crippen LogP contribution in [0, 0.1) is 11.3 Å². The van der Waals surface area contributed by atoms with Gasteiger partial charge in [-0.05, 0) is 63.1 Å². The lowest BCUT2D eigenvalue weighted by Gasteiger charge is -2.20. The van der Waals surface area contributed by atoms with E-state index in [2.05, 4.69) is 25.2 Å². The molecule has 186 valence electrons. The van der Waals surface area contributed by atoms with Crippen LogP contribution in [0.5, 0.6) is 5.88 Å². The molecule has 2 heterocycles. The highest BCUT2D eigenvalue weighted by Crippen LogP contribution is 2.37. The van der Waals surface area contributed by atoms with Crippen LogP contribution in [0.3, 0.4) is 0 Å². The number of fused-ring (bicyclic) bond motifs is 1. The molecule has 0 fully saturated rings. The summed E-state index contributed by atoms with van der Waals surface area (Å²) in [6.07, 6.45) is 0.389. The van der Waals surface area contributed by atoms with Crippen molar-refractivity contribution < 1.29 is 35.3 Å². The van der Waals surface area contributed by atoms with E-state index in [0.717, 1.165) is 0 Å². The number of aromatic nitrogens is 2. The molecular weight excluding hydrogens is 555 g/mol. The van der Waals surface area contributed by atoms with Crippen LogP contribution in [-0.4, -0.2) is 35.1 Å². The van der Waals surface area contributed by atoms with Gasteiger partial charge in [0.1, 0.15) is 17.2 Å². The number of hydrogen-bond acceptors (Lipinski definition) is 7. The smallest absolute Gasteiger partial charge is 0.456 e. The molecule has 0 bridgehead atoms. The summed E-state index contributed by atoms with van der Waals surface area (Å²) in [6.45, 7) is 6.80. The first-order chi connectivity index (χ1) is 16.1. The standard InChI is InChI=1S/C22H19BrF3N3O5S/c1-5-15-6-7-17-18(12-8-13(10-14(23)9-12)20(30)33-21(2,3)4)16(11-27)19(28-29(15)17)34-35(31,32)22(24,25)26/h6-10H,5H2,1-4H3. The van der Waals surface area contributed by atoms with Crippen molar-refractivity contribution in [2.45, 2.75) is 45.2 Å². The van der Waals surface area contributed by atoms with Crippen molar-refractivity contribution in [3.63, 3.8) is 0 Å². The van der Waals surface area contributed by atoms with Crippen molar-refractivity contribution in [1.82, 2.24) is 9.61 Å². The number of nitriles is 1. The van der Waals surface area contributed by atoms with Gasteiger partial charge in [0.05, 0.1) is 11.1 Å². The first-order valence-electron chi connectivity index (χ1n) is 10.1. The van der Waals surface area contributed by atoms with Crippen molar-refractivity contribution in [2.75, 3.05) is 0 Å². The molecule has 0 N–H and O–H groups in total. The summed E-state index contributed by atoms with van der Waals surface area (Å²) < 4.78 is 73.8. The largest absolute Gasteiger partial charge is 0.534 e. The van der Waals surface area contributed by atoms with Gasteiger partial charge in [-0.2, -0.15) is 26.9 Å². The van der Waals surface area contributed by atoms with Gasteiger partial charge in [0, 0.05) is 15.7 Å². The summed E-state index contributed by atoms with van der Waals surface area (Å²) in [5.74, 6) is -1.72. The molecule has 2 aromatic heterocycles. The van der Waals surface area contributed by atoms with Gasteiger partial charge in [0.2, 0.25) is 0 Å². The molecule has 13 heteroatoms. The Labute approximate surface area is 207 Å². The van der Waals surface area contributed by atoms with Gasteiger partial charge in [-0.1, -0.05) is 22.9 Å². The van der Waals surface area contributed by atoms with Crippen LogP contribution in [0.2, 0.25) is 0 Å². The Morgan fingerprint density at radius 1 is 1.20 bits per heavy atom. The van der Waals surface area contributed by atoms with E-state index in [0.29, 0.717) is 22.1 Å². The van der Waals surface area contributed by atoms with Crippen LogP contribution in [0.1, 0.15) is 49.3 Å². The molecular formula is C22H19BrF3N3O5S. The maximum Gasteiger partial charge on any atom is 0.534 e. The fourth-order valence-electron chi connectivity index (χ4n) is 3.22. The zero-order valence-corrected chi connectivity index (χ0v) is 21.3. The Kier molecular flexibility index (Phi) is 6.93. The third kappa shape index (κ3) is 5.43. The van der Waals surface area contributed by atoms with Gasteiger partial charge in [0.15, 0.2) is 0 Å². The van der Waals surface area contributed by atoms with Crippen molar-refractivity contribution in [3.05, 3.63) is 51.6 Å². The Morgan fingerprint density at radius 3 is 2.40 bits per heavy atom. The molecule has 0 atom stereocenters. The van der Waals surface area contributed by atoms with E-state index in [1.807, 2.05) is 0 Å². The zero-order valence-electron chi connectivity index (χ0n) is 18.9. The molecule has 0 spiro atoms. The second-order valence-electron chi connectivity index (χ2n) is 8.36. The molecule has 0 aliphatic carbocycles. The molecule has 8 nitrogen and oxygen atoms in total. The summed E-state index contributed by atoms with van der Waals surface area (Å²) >= 11 is 3.29. The molecule has 0 saturated carbocycles. The number of ether oxygens (including phenoxy) is 1. The average molecular weight is 574 g/mol. The fraction of sp³-hybridized carbons (Fsp3) is 0.318. The van der Waals surface area contributed by atoms with Crippen molar-refractivity contribution in [3.8, 4) is 23.1 Å². The second kappa shape index (κ2) is 9.16. The average Bonchev–Trinajstić information content (AvgIpc) is 3.12. The lowest BCUT2D eigenvalue weighted by atomic mass is 9.99. The second-order valence-corrected chi connectivity index (χ2v) is 10.8. The minimum Gasteiger partial charge on any atom is -0.456 e. The SMILES string of the molecule is CCc1ccc2c(-c3cc(Br)cc(C(=O)OC(C)(C)C)c3)c(C#N)c(OS(=O)(=O)C(F)(F)F)nn12. The topological polar surface area (TPSA) is 111 Å². The molecule has 0 aliphatic rings. The van der Waals surface area contributed by atoms with Gasteiger partial charge >= 0.3 is 21.6 Å². The molecule has 0 radical (unpaired) electrons. The number of nitrogens with zero attached hydrogens (tertiary/aromatic N) is 3. The Balaban J connectivity index is 2.35. The zero-order chi connectivity index (χ0) is 26.3. The monoisotopic (exact) mass is 573 g/mol. The maximum atomic E-state index is 13.0. The Morgan fingerprint density at radius 2 is 1.86 bits per heavy atom. The molecule has 35 heavy (non-hydrogen) atoms. The van der Waals surface area contributed by atoms with Gasteiger partial charge in [0.25, 0.3) is 5.88 Å². The van der Waals surface area contributed by atoms with Crippen LogP contribution < -0.4 is 4.18 Å². The fourth-order valence-corrected chi connectivity index (χ4v) is 4.13. The summed E-state index contributed by atoms with van der Waals surface area (Å²) in [6, 6.07) is 9.29. The van der Waals surface area contributed by atoms with E-state index in [4.69, 9.17) is 4.74 Å². The molecule has 3 aromatic rings. The highest BCUT2D eigenvalue weighted by atomic mass is 79.9. The first kappa shape index (κ1) is 26.5. The van der Waals surface area contributed by atoms with Gasteiger partial charge in [-0.25, -0.2) is 9.31 Å². The molecule has 0 saturated heterocycles. The highest BCUT2D eigenvalue weighted by molar-refractivity contribution is 9.10. The van der Waals surface area contributed by atoms with Crippen LogP contribution >= 0.6 is 15.9 Å². The normalized spacial score (nSPS) is 12.4. The third-order valence-corrected chi connectivity index (χ3v) is 6.01. The summed E-state index contributed by atoms with van der Waals surface area (Å²) in [5.41, 5.74) is -5.94. The maximum absolute atomic E-state index is 13.0. The van der Waals surface area contributed by atoms with Crippen LogP contribution in [0.4, 0.5) is 13.2 Å². The van der Waals surface area contributed by atoms with Crippen LogP contribution in [0.15, 0.2) is 34.8 Å². The predicted octanol–water partition coefficient (Wildman–Crippen LogP) is 5.38. The van der Waals surface area contributed by atoms with E-state index < -0.39 is 38.6 Å². The van der Waals surface area contributed by atoms with Crippen molar-refractivity contribution in [1.29, 1.82) is 5.26 Å². The molecule has 0 amide bonds. The first-order valence-corrected chi connectivity index (χ1v) is 12.3. The third-order valence-electron chi connectivity index (χ3n) is 4.61. The number of carbonyl (C=O) groups excluding carboxylic acids is 1.